The van der Waals surface area contributed by atoms with Gasteiger partial charge in [0, 0.05) is 7.05 Å². The SMILES string of the molecule is CNC(=S)/N=N/N=N. The van der Waals surface area contributed by atoms with Crippen LogP contribution in [0, 0.1) is 5.53 Å². The summed E-state index contributed by atoms with van der Waals surface area (Å²) in [6.45, 7) is 0. The molecule has 0 rings (SSSR count). The molecule has 0 spiro atoms. The van der Waals surface area contributed by atoms with Crippen LogP contribution in [-0.4, -0.2) is 12.2 Å². The highest BCUT2D eigenvalue weighted by Gasteiger charge is 1.80. The minimum atomic E-state index is 0.223. The molecule has 0 radical (unpaired) electrons. The molecule has 2 N–H and O–H groups in total. The van der Waals surface area contributed by atoms with Gasteiger partial charge in [0.2, 0.25) is 5.11 Å². The van der Waals surface area contributed by atoms with Gasteiger partial charge in [0.25, 0.3) is 0 Å². The molecule has 0 amide bonds. The molecular weight excluding hydrogens is 126 g/mol. The molecular formula is C2H5N5S. The van der Waals surface area contributed by atoms with Gasteiger partial charge in [-0.15, -0.1) is 0 Å². The van der Waals surface area contributed by atoms with Crippen LogP contribution in [0.2, 0.25) is 0 Å². The highest BCUT2D eigenvalue weighted by molar-refractivity contribution is 7.80. The first-order valence-electron chi connectivity index (χ1n) is 1.80. The first kappa shape index (κ1) is 7.09. The second-order valence-electron chi connectivity index (χ2n) is 0.845. The van der Waals surface area contributed by atoms with Gasteiger partial charge < -0.3 is 5.32 Å². The molecule has 0 aromatic rings. The van der Waals surface area contributed by atoms with Gasteiger partial charge in [0.1, 0.15) is 0 Å². The zero-order chi connectivity index (χ0) is 6.41. The summed E-state index contributed by atoms with van der Waals surface area (Å²) in [4.78, 5) is 0. The molecule has 6 heteroatoms. The van der Waals surface area contributed by atoms with Gasteiger partial charge >= 0.3 is 0 Å². The molecule has 0 aliphatic heterocycles. The first-order valence-corrected chi connectivity index (χ1v) is 2.21. The predicted molar refractivity (Wildman–Crippen MR) is 31.7 cm³/mol. The molecule has 5 nitrogen and oxygen atoms in total. The van der Waals surface area contributed by atoms with Gasteiger partial charge in [-0.25, -0.2) is 0 Å². The third-order valence-electron chi connectivity index (χ3n) is 0.394. The number of nitrogens with one attached hydrogen (secondary N) is 2. The topological polar surface area (TPSA) is 73.0 Å². The summed E-state index contributed by atoms with van der Waals surface area (Å²) in [6.07, 6.45) is 0. The maximum absolute atomic E-state index is 6.15. The van der Waals surface area contributed by atoms with Crippen molar-refractivity contribution in [2.24, 2.45) is 15.6 Å². The van der Waals surface area contributed by atoms with Crippen LogP contribution in [0.25, 0.3) is 0 Å². The molecule has 0 unspecified atom stereocenters. The fraction of sp³-hybridized carbons (Fsp3) is 0.500. The van der Waals surface area contributed by atoms with E-state index in [1.165, 1.54) is 0 Å². The second-order valence-corrected chi connectivity index (χ2v) is 1.23. The van der Waals surface area contributed by atoms with Gasteiger partial charge in [0.15, 0.2) is 0 Å². The van der Waals surface area contributed by atoms with Crippen molar-refractivity contribution >= 4 is 17.3 Å². The molecule has 0 atom stereocenters. The van der Waals surface area contributed by atoms with Crippen molar-refractivity contribution < 1.29 is 0 Å². The lowest BCUT2D eigenvalue weighted by Crippen LogP contribution is -2.10. The van der Waals surface area contributed by atoms with Gasteiger partial charge in [-0.05, 0) is 22.7 Å². The first-order chi connectivity index (χ1) is 3.81. The molecule has 0 bridgehead atoms. The molecule has 0 saturated heterocycles. The van der Waals surface area contributed by atoms with Crippen LogP contribution in [0.1, 0.15) is 0 Å². The average molecular weight is 131 g/mol. The van der Waals surface area contributed by atoms with Crippen LogP contribution < -0.4 is 5.32 Å². The number of hydrogen-bond donors (Lipinski definition) is 2. The smallest absolute Gasteiger partial charge is 0.215 e. The zero-order valence-corrected chi connectivity index (χ0v) is 5.07. The zero-order valence-electron chi connectivity index (χ0n) is 4.25. The Balaban J connectivity index is 3.52. The monoisotopic (exact) mass is 131 g/mol. The molecule has 44 valence electrons. The van der Waals surface area contributed by atoms with Gasteiger partial charge in [-0.2, -0.15) is 5.53 Å². The highest BCUT2D eigenvalue weighted by atomic mass is 32.1. The summed E-state index contributed by atoms with van der Waals surface area (Å²) < 4.78 is 0. The van der Waals surface area contributed by atoms with E-state index in [1.54, 1.807) is 7.05 Å². The summed E-state index contributed by atoms with van der Waals surface area (Å²) in [7, 11) is 1.62. The quantitative estimate of drug-likeness (QED) is 0.315. The van der Waals surface area contributed by atoms with Crippen LogP contribution in [0.3, 0.4) is 0 Å². The van der Waals surface area contributed by atoms with E-state index in [-0.39, 0.29) is 5.11 Å². The average Bonchev–Trinajstić information content (AvgIpc) is 1.83. The van der Waals surface area contributed by atoms with E-state index in [1.807, 2.05) is 0 Å². The lowest BCUT2D eigenvalue weighted by Gasteiger charge is -1.85. The van der Waals surface area contributed by atoms with E-state index in [0.717, 1.165) is 0 Å². The maximum atomic E-state index is 6.15. The second kappa shape index (κ2) is 4.25. The van der Waals surface area contributed by atoms with Crippen molar-refractivity contribution in [3.63, 3.8) is 0 Å². The largest absolute Gasteiger partial charge is 0.363 e. The number of rotatable bonds is 1. The Kier molecular flexibility index (Phi) is 3.77. The van der Waals surface area contributed by atoms with Crippen molar-refractivity contribution in [1.82, 2.24) is 5.32 Å². The number of thiocarbonyl (C=S) groups is 1. The van der Waals surface area contributed by atoms with E-state index < -0.39 is 0 Å². The van der Waals surface area contributed by atoms with Crippen molar-refractivity contribution in [2.45, 2.75) is 0 Å². The molecule has 0 aromatic heterocycles. The van der Waals surface area contributed by atoms with Crippen molar-refractivity contribution in [3.05, 3.63) is 0 Å². The lowest BCUT2D eigenvalue weighted by atomic mass is 11.1. The Morgan fingerprint density at radius 1 is 1.75 bits per heavy atom. The maximum Gasteiger partial charge on any atom is 0.215 e. The molecule has 0 saturated carbocycles. The van der Waals surface area contributed by atoms with Crippen molar-refractivity contribution in [3.8, 4) is 0 Å². The standard InChI is InChI=1S/C2H5N5S/c1-4-2(8)5-7-6-3/h3H,1H3,(H,4,8)/b6-3?,7-5+. The minimum Gasteiger partial charge on any atom is -0.363 e. The van der Waals surface area contributed by atoms with Crippen LogP contribution in [0.15, 0.2) is 15.6 Å². The Bertz CT molecular complexity index is 118. The summed E-state index contributed by atoms with van der Waals surface area (Å²) in [5.41, 5.74) is 6.15. The van der Waals surface area contributed by atoms with Gasteiger partial charge in [0.05, 0.1) is 0 Å². The Morgan fingerprint density at radius 2 is 2.38 bits per heavy atom. The Hall–Kier alpha value is -0.910. The summed E-state index contributed by atoms with van der Waals surface area (Å²) >= 11 is 4.51. The molecule has 0 heterocycles. The van der Waals surface area contributed by atoms with Gasteiger partial charge in [-0.1, -0.05) is 5.11 Å². The molecule has 0 fully saturated rings. The van der Waals surface area contributed by atoms with E-state index >= 15 is 0 Å². The third-order valence-corrected chi connectivity index (χ3v) is 0.680. The molecule has 0 aromatic carbocycles. The van der Waals surface area contributed by atoms with Gasteiger partial charge in [-0.3, -0.25) is 0 Å². The normalized spacial score (nSPS) is 9.12. The number of nitrogens with zero attached hydrogens (tertiary/aromatic N) is 3. The van der Waals surface area contributed by atoms with Crippen LogP contribution >= 0.6 is 12.2 Å². The Labute approximate surface area is 51.7 Å². The summed E-state index contributed by atoms with van der Waals surface area (Å²) in [5, 5.41) is 11.6. The Morgan fingerprint density at radius 3 is 2.75 bits per heavy atom. The third kappa shape index (κ3) is 3.29. The van der Waals surface area contributed by atoms with E-state index in [0.29, 0.717) is 0 Å². The summed E-state index contributed by atoms with van der Waals surface area (Å²) in [6, 6.07) is 0. The van der Waals surface area contributed by atoms with E-state index in [2.05, 4.69) is 33.1 Å². The molecule has 8 heavy (non-hydrogen) atoms. The fourth-order valence-corrected chi connectivity index (χ4v) is 0.149. The molecule has 0 aliphatic rings. The number of hydrogen-bond acceptors (Lipinski definition) is 2. The van der Waals surface area contributed by atoms with Crippen LogP contribution in [0.4, 0.5) is 0 Å². The van der Waals surface area contributed by atoms with Crippen LogP contribution in [-0.2, 0) is 0 Å². The van der Waals surface area contributed by atoms with E-state index in [9.17, 15) is 0 Å². The van der Waals surface area contributed by atoms with Crippen LogP contribution in [0.5, 0.6) is 0 Å². The van der Waals surface area contributed by atoms with Crippen molar-refractivity contribution in [2.75, 3.05) is 7.05 Å². The molecule has 0 aliphatic carbocycles. The lowest BCUT2D eigenvalue weighted by molar-refractivity contribution is 0.911. The predicted octanol–water partition coefficient (Wildman–Crippen LogP) is 0.889. The highest BCUT2D eigenvalue weighted by Crippen LogP contribution is 1.76. The van der Waals surface area contributed by atoms with Crippen molar-refractivity contribution in [1.29, 1.82) is 5.53 Å². The minimum absolute atomic E-state index is 0.223. The fourth-order valence-electron chi connectivity index (χ4n) is 0.113. The summed E-state index contributed by atoms with van der Waals surface area (Å²) in [5.74, 6) is 0. The van der Waals surface area contributed by atoms with E-state index in [4.69, 9.17) is 5.53 Å².